The molecule has 0 aliphatic heterocycles. The minimum Gasteiger partial charge on any atom is -0.494 e. The van der Waals surface area contributed by atoms with Gasteiger partial charge in [0.1, 0.15) is 36.2 Å². The monoisotopic (exact) mass is 448 g/mol. The van der Waals surface area contributed by atoms with Crippen LogP contribution >= 0.6 is 0 Å². The molecule has 0 atom stereocenters. The molecule has 0 heterocycles. The average Bonchev–Trinajstić information content (AvgIpc) is 2.83. The normalized spacial score (nSPS) is 10.7. The van der Waals surface area contributed by atoms with Crippen molar-refractivity contribution >= 4 is 12.0 Å². The van der Waals surface area contributed by atoms with Crippen LogP contribution in [0.25, 0.3) is 6.08 Å². The van der Waals surface area contributed by atoms with Crippen molar-refractivity contribution in [1.29, 1.82) is 0 Å². The number of hydrogen-bond donors (Lipinski definition) is 1. The lowest BCUT2D eigenvalue weighted by Gasteiger charge is -2.13. The smallest absolute Gasteiger partial charge is 0.328 e. The van der Waals surface area contributed by atoms with E-state index < -0.39 is 5.97 Å². The topological polar surface area (TPSA) is 74.2 Å². The zero-order valence-electron chi connectivity index (χ0n) is 18.8. The molecule has 0 aliphatic rings. The van der Waals surface area contributed by atoms with Crippen LogP contribution in [0.15, 0.2) is 72.8 Å². The van der Waals surface area contributed by atoms with E-state index in [0.29, 0.717) is 43.5 Å². The zero-order chi connectivity index (χ0) is 23.5. The highest BCUT2D eigenvalue weighted by Gasteiger charge is 2.07. The van der Waals surface area contributed by atoms with Gasteiger partial charge in [0.05, 0.1) is 13.2 Å². The Balaban J connectivity index is 1.70. The molecule has 0 saturated carbocycles. The van der Waals surface area contributed by atoms with Gasteiger partial charge in [0, 0.05) is 17.7 Å². The van der Waals surface area contributed by atoms with Gasteiger partial charge in [-0.05, 0) is 67.4 Å². The number of hydrogen-bond acceptors (Lipinski definition) is 5. The average molecular weight is 449 g/mol. The first-order valence-electron chi connectivity index (χ1n) is 10.8. The summed E-state index contributed by atoms with van der Waals surface area (Å²) in [6, 6.07) is 20.7. The molecule has 6 nitrogen and oxygen atoms in total. The summed E-state index contributed by atoms with van der Waals surface area (Å²) in [5, 5.41) is 8.99. The number of aliphatic carboxylic acids is 1. The maximum atomic E-state index is 11.0. The van der Waals surface area contributed by atoms with Gasteiger partial charge in [-0.2, -0.15) is 0 Å². The van der Waals surface area contributed by atoms with Crippen LogP contribution in [0.3, 0.4) is 0 Å². The van der Waals surface area contributed by atoms with Crippen LogP contribution in [-0.2, 0) is 18.0 Å². The van der Waals surface area contributed by atoms with E-state index in [-0.39, 0.29) is 0 Å². The Hall–Kier alpha value is -3.93. The van der Waals surface area contributed by atoms with E-state index in [4.69, 9.17) is 24.1 Å². The molecule has 0 aliphatic carbocycles. The molecule has 3 rings (SSSR count). The third kappa shape index (κ3) is 7.61. The van der Waals surface area contributed by atoms with E-state index in [9.17, 15) is 4.79 Å². The third-order valence-electron chi connectivity index (χ3n) is 4.66. The van der Waals surface area contributed by atoms with E-state index in [1.807, 2.05) is 62.4 Å². The van der Waals surface area contributed by atoms with Gasteiger partial charge >= 0.3 is 5.97 Å². The molecule has 3 aromatic rings. The molecule has 0 amide bonds. The summed E-state index contributed by atoms with van der Waals surface area (Å²) in [5.41, 5.74) is 2.62. The molecule has 6 heteroatoms. The van der Waals surface area contributed by atoms with Crippen molar-refractivity contribution in [2.45, 2.75) is 27.1 Å². The van der Waals surface area contributed by atoms with Crippen molar-refractivity contribution in [2.75, 3.05) is 13.2 Å². The van der Waals surface area contributed by atoms with Gasteiger partial charge in [0.25, 0.3) is 0 Å². The van der Waals surface area contributed by atoms with Gasteiger partial charge in [-0.3, -0.25) is 0 Å². The van der Waals surface area contributed by atoms with E-state index in [1.54, 1.807) is 18.2 Å². The van der Waals surface area contributed by atoms with Crippen LogP contribution in [0.5, 0.6) is 23.0 Å². The Bertz CT molecular complexity index is 1050. The van der Waals surface area contributed by atoms with Gasteiger partial charge in [-0.15, -0.1) is 0 Å². The molecule has 0 unspecified atom stereocenters. The van der Waals surface area contributed by atoms with Crippen LogP contribution in [0.4, 0.5) is 0 Å². The van der Waals surface area contributed by atoms with Gasteiger partial charge in [0.15, 0.2) is 0 Å². The zero-order valence-corrected chi connectivity index (χ0v) is 18.8. The lowest BCUT2D eigenvalue weighted by atomic mass is 10.1. The maximum absolute atomic E-state index is 11.0. The molecular weight excluding hydrogens is 420 g/mol. The summed E-state index contributed by atoms with van der Waals surface area (Å²) >= 11 is 0. The molecule has 33 heavy (non-hydrogen) atoms. The second-order valence-corrected chi connectivity index (χ2v) is 7.10. The van der Waals surface area contributed by atoms with Crippen molar-refractivity contribution < 1.29 is 28.8 Å². The molecule has 3 aromatic carbocycles. The number of carboxylic acids is 1. The molecule has 0 spiro atoms. The van der Waals surface area contributed by atoms with Crippen molar-refractivity contribution in [2.24, 2.45) is 0 Å². The lowest BCUT2D eigenvalue weighted by Crippen LogP contribution is -2.00. The highest BCUT2D eigenvalue weighted by molar-refractivity contribution is 5.86. The Labute approximate surface area is 194 Å². The fourth-order valence-electron chi connectivity index (χ4n) is 3.05. The molecule has 0 saturated heterocycles. The molecule has 1 N–H and O–H groups in total. The molecule has 172 valence electrons. The Kier molecular flexibility index (Phi) is 8.77. The number of benzene rings is 3. The highest BCUT2D eigenvalue weighted by Crippen LogP contribution is 2.28. The molecule has 0 bridgehead atoms. The Morgan fingerprint density at radius 2 is 1.24 bits per heavy atom. The van der Waals surface area contributed by atoms with E-state index in [0.717, 1.165) is 28.7 Å². The number of carboxylic acid groups (broad SMARTS) is 1. The Morgan fingerprint density at radius 1 is 0.727 bits per heavy atom. The minimum atomic E-state index is -1.02. The van der Waals surface area contributed by atoms with Crippen molar-refractivity contribution in [3.05, 3.63) is 89.5 Å². The standard InChI is InChI=1S/C27H28O6/c1-3-30-23-11-5-20(6-12-23)18-32-25-15-9-22(10-16-27(28)29)26(17-25)33-19-21-7-13-24(14-8-21)31-4-2/h5-17H,3-4,18-19H2,1-2H3,(H,28,29). The van der Waals surface area contributed by atoms with Gasteiger partial charge in [0.2, 0.25) is 0 Å². The molecule has 0 fully saturated rings. The summed E-state index contributed by atoms with van der Waals surface area (Å²) in [4.78, 5) is 11.0. The lowest BCUT2D eigenvalue weighted by molar-refractivity contribution is -0.131. The van der Waals surface area contributed by atoms with Gasteiger partial charge in [-0.25, -0.2) is 4.79 Å². The second-order valence-electron chi connectivity index (χ2n) is 7.10. The minimum absolute atomic E-state index is 0.322. The summed E-state index contributed by atoms with van der Waals surface area (Å²) in [5.74, 6) is 1.75. The first-order valence-corrected chi connectivity index (χ1v) is 10.8. The Morgan fingerprint density at radius 3 is 1.76 bits per heavy atom. The number of carbonyl (C=O) groups is 1. The van der Waals surface area contributed by atoms with Crippen molar-refractivity contribution in [1.82, 2.24) is 0 Å². The van der Waals surface area contributed by atoms with Crippen LogP contribution in [-0.4, -0.2) is 24.3 Å². The SMILES string of the molecule is CCOc1ccc(COc2ccc(C=CC(=O)O)c(OCc3ccc(OCC)cc3)c2)cc1. The third-order valence-corrected chi connectivity index (χ3v) is 4.66. The quantitative estimate of drug-likeness (QED) is 0.356. The maximum Gasteiger partial charge on any atom is 0.328 e. The van der Waals surface area contributed by atoms with E-state index in [2.05, 4.69) is 0 Å². The molecule has 0 radical (unpaired) electrons. The molecule has 0 aromatic heterocycles. The van der Waals surface area contributed by atoms with Crippen molar-refractivity contribution in [3.63, 3.8) is 0 Å². The largest absolute Gasteiger partial charge is 0.494 e. The van der Waals surface area contributed by atoms with Crippen LogP contribution in [0.2, 0.25) is 0 Å². The summed E-state index contributed by atoms with van der Waals surface area (Å²) in [6.45, 7) is 5.82. The fourth-order valence-corrected chi connectivity index (χ4v) is 3.05. The van der Waals surface area contributed by atoms with Crippen LogP contribution in [0.1, 0.15) is 30.5 Å². The van der Waals surface area contributed by atoms with Crippen LogP contribution in [0, 0.1) is 0 Å². The number of rotatable bonds is 12. The first-order chi connectivity index (χ1) is 16.1. The highest BCUT2D eigenvalue weighted by atomic mass is 16.5. The van der Waals surface area contributed by atoms with E-state index >= 15 is 0 Å². The second kappa shape index (κ2) is 12.2. The van der Waals surface area contributed by atoms with Gasteiger partial charge in [-0.1, -0.05) is 24.3 Å². The van der Waals surface area contributed by atoms with Crippen molar-refractivity contribution in [3.8, 4) is 23.0 Å². The summed E-state index contributed by atoms with van der Waals surface area (Å²) in [7, 11) is 0. The van der Waals surface area contributed by atoms with E-state index in [1.165, 1.54) is 6.08 Å². The van der Waals surface area contributed by atoms with Gasteiger partial charge < -0.3 is 24.1 Å². The summed E-state index contributed by atoms with van der Waals surface area (Å²) in [6.07, 6.45) is 2.59. The first kappa shape index (κ1) is 23.7. The molecular formula is C27H28O6. The van der Waals surface area contributed by atoms with Crippen LogP contribution < -0.4 is 18.9 Å². The number of ether oxygens (including phenoxy) is 4. The fraction of sp³-hybridized carbons (Fsp3) is 0.222. The summed E-state index contributed by atoms with van der Waals surface area (Å²) < 4.78 is 22.9. The predicted molar refractivity (Wildman–Crippen MR) is 127 cm³/mol. The predicted octanol–water partition coefficient (Wildman–Crippen LogP) is 5.74.